The molecule has 0 bridgehead atoms. The number of hydrogen-bond donors (Lipinski definition) is 0. The van der Waals surface area contributed by atoms with Gasteiger partial charge in [0.15, 0.2) is 0 Å². The topological polar surface area (TPSA) is 0 Å². The molecule has 6 aromatic carbocycles. The molecule has 167 valence electrons. The number of fused-ring (bicyclic) bond motifs is 7. The van der Waals surface area contributed by atoms with Gasteiger partial charge in [0.25, 0.3) is 0 Å². The molecule has 8 aromatic rings. The molecule has 1 radical (unpaired) electrons. The molecule has 8 rings (SSSR count). The Kier molecular flexibility index (Phi) is 4.36. The van der Waals surface area contributed by atoms with Crippen LogP contribution in [-0.2, 0) is 0 Å². The normalized spacial score (nSPS) is 11.9. The Bertz CT molecular complexity index is 1920. The second-order valence-corrected chi connectivity index (χ2v) is 11.4. The van der Waals surface area contributed by atoms with E-state index in [1.807, 2.05) is 22.7 Å². The fourth-order valence-corrected chi connectivity index (χ4v) is 7.92. The molecule has 0 amide bonds. The summed E-state index contributed by atoms with van der Waals surface area (Å²) in [6.45, 7) is 0. The third-order valence-corrected chi connectivity index (χ3v) is 9.58. The molecule has 0 aliphatic carbocycles. The lowest BCUT2D eigenvalue weighted by Gasteiger charge is -2.05. The third-order valence-electron chi connectivity index (χ3n) is 7.11. The lowest BCUT2D eigenvalue weighted by molar-refractivity contribution is 1.65. The molecule has 2 heteroatoms. The maximum Gasteiger partial charge on any atom is 0.0542 e. The van der Waals surface area contributed by atoms with Crippen molar-refractivity contribution in [3.63, 3.8) is 0 Å². The number of rotatable bonds is 2. The summed E-state index contributed by atoms with van der Waals surface area (Å²) in [6, 6.07) is 45.6. The number of hydrogen-bond acceptors (Lipinski definition) is 2. The lowest BCUT2D eigenvalue weighted by Crippen LogP contribution is -1.79. The van der Waals surface area contributed by atoms with Crippen molar-refractivity contribution >= 4 is 73.8 Å². The Morgan fingerprint density at radius 1 is 0.444 bits per heavy atom. The van der Waals surface area contributed by atoms with Gasteiger partial charge in [0.2, 0.25) is 0 Å². The summed E-state index contributed by atoms with van der Waals surface area (Å²) in [5.74, 6) is 0. The van der Waals surface area contributed by atoms with Gasteiger partial charge in [-0.25, -0.2) is 0 Å². The van der Waals surface area contributed by atoms with Crippen LogP contribution >= 0.6 is 22.7 Å². The second kappa shape index (κ2) is 7.76. The van der Waals surface area contributed by atoms with E-state index in [1.165, 1.54) is 73.4 Å². The van der Waals surface area contributed by atoms with Crippen molar-refractivity contribution in [2.75, 3.05) is 0 Å². The molecule has 36 heavy (non-hydrogen) atoms. The molecule has 0 aliphatic heterocycles. The van der Waals surface area contributed by atoms with Crippen LogP contribution in [0.3, 0.4) is 0 Å². The van der Waals surface area contributed by atoms with Crippen LogP contribution in [-0.4, -0.2) is 0 Å². The number of thiophene rings is 2. The van der Waals surface area contributed by atoms with E-state index in [0.717, 1.165) is 0 Å². The first-order chi connectivity index (χ1) is 17.8. The van der Waals surface area contributed by atoms with Crippen molar-refractivity contribution in [1.29, 1.82) is 0 Å². The third kappa shape index (κ3) is 3.12. The quantitative estimate of drug-likeness (QED) is 0.226. The molecule has 2 aromatic heterocycles. The molecule has 0 saturated heterocycles. The van der Waals surface area contributed by atoms with E-state index in [2.05, 4.69) is 121 Å². The highest BCUT2D eigenvalue weighted by Gasteiger charge is 2.14. The van der Waals surface area contributed by atoms with Crippen LogP contribution in [0.15, 0.2) is 115 Å². The van der Waals surface area contributed by atoms with Gasteiger partial charge in [0, 0.05) is 26.2 Å². The zero-order valence-electron chi connectivity index (χ0n) is 19.3. The highest BCUT2D eigenvalue weighted by atomic mass is 32.1. The number of benzene rings is 6. The van der Waals surface area contributed by atoms with Crippen molar-refractivity contribution < 1.29 is 0 Å². The Morgan fingerprint density at radius 3 is 1.83 bits per heavy atom. The molecule has 0 nitrogen and oxygen atoms in total. The average molecular weight is 492 g/mol. The van der Waals surface area contributed by atoms with Gasteiger partial charge in [-0.15, -0.1) is 22.7 Å². The predicted molar refractivity (Wildman–Crippen MR) is 159 cm³/mol. The lowest BCUT2D eigenvalue weighted by atomic mass is 10.00. The van der Waals surface area contributed by atoms with Gasteiger partial charge in [-0.3, -0.25) is 0 Å². The van der Waals surface area contributed by atoms with Gasteiger partial charge in [-0.2, -0.15) is 0 Å². The van der Waals surface area contributed by atoms with Crippen LogP contribution < -0.4 is 0 Å². The summed E-state index contributed by atoms with van der Waals surface area (Å²) < 4.78 is 5.37. The van der Waals surface area contributed by atoms with E-state index in [4.69, 9.17) is 0 Å². The van der Waals surface area contributed by atoms with Crippen LogP contribution in [0.1, 0.15) is 0 Å². The van der Waals surface area contributed by atoms with E-state index < -0.39 is 0 Å². The SMILES string of the molecule is [c]1c2cc(-c3ccccc3)ccc2cc2c1sc1c3cc4ccc(-c5ccccc5)cc4cc3sc21. The van der Waals surface area contributed by atoms with Crippen molar-refractivity contribution in [1.82, 2.24) is 0 Å². The maximum absolute atomic E-state index is 3.75. The van der Waals surface area contributed by atoms with E-state index in [1.54, 1.807) is 0 Å². The van der Waals surface area contributed by atoms with Crippen LogP contribution in [0.25, 0.3) is 73.4 Å². The zero-order valence-corrected chi connectivity index (χ0v) is 20.9. The largest absolute Gasteiger partial charge is 0.134 e. The van der Waals surface area contributed by atoms with Gasteiger partial charge >= 0.3 is 0 Å². The summed E-state index contributed by atoms with van der Waals surface area (Å²) in [7, 11) is 0. The molecule has 0 fully saturated rings. The predicted octanol–water partition coefficient (Wildman–Crippen LogP) is 10.7. The van der Waals surface area contributed by atoms with Gasteiger partial charge in [0.05, 0.1) is 9.40 Å². The molecular weight excluding hydrogens is 473 g/mol. The highest BCUT2D eigenvalue weighted by molar-refractivity contribution is 7.36. The first kappa shape index (κ1) is 20.2. The van der Waals surface area contributed by atoms with Crippen molar-refractivity contribution in [3.05, 3.63) is 121 Å². The smallest absolute Gasteiger partial charge is 0.0542 e. The van der Waals surface area contributed by atoms with E-state index in [9.17, 15) is 0 Å². The van der Waals surface area contributed by atoms with Crippen molar-refractivity contribution in [3.8, 4) is 22.3 Å². The summed E-state index contributed by atoms with van der Waals surface area (Å²) in [6.07, 6.45) is 0. The molecule has 0 N–H and O–H groups in total. The summed E-state index contributed by atoms with van der Waals surface area (Å²) in [4.78, 5) is 0. The van der Waals surface area contributed by atoms with Gasteiger partial charge in [-0.1, -0.05) is 84.9 Å². The Labute approximate surface area is 216 Å². The molecular formula is C34H19S2. The standard InChI is InChI=1S/C34H19S2/c1-3-7-21(8-4-1)23-11-13-25-17-29-31(19-27(25)15-23)35-34-30-18-26-14-12-24(22-9-5-2-6-10-22)16-28(26)20-32(30)36-33(29)34/h1-19H. The summed E-state index contributed by atoms with van der Waals surface area (Å²) in [5, 5.41) is 7.70. The zero-order chi connectivity index (χ0) is 23.6. The van der Waals surface area contributed by atoms with E-state index in [-0.39, 0.29) is 0 Å². The van der Waals surface area contributed by atoms with Crippen molar-refractivity contribution in [2.45, 2.75) is 0 Å². The minimum atomic E-state index is 1.18. The fourth-order valence-electron chi connectivity index (χ4n) is 5.27. The van der Waals surface area contributed by atoms with Crippen LogP contribution in [0, 0.1) is 6.07 Å². The van der Waals surface area contributed by atoms with Crippen molar-refractivity contribution in [2.24, 2.45) is 0 Å². The monoisotopic (exact) mass is 491 g/mol. The Hall–Kier alpha value is -3.98. The first-order valence-electron chi connectivity index (χ1n) is 12.1. The molecule has 0 aliphatic rings. The molecule has 0 spiro atoms. The Balaban J connectivity index is 1.31. The molecule has 0 unspecified atom stereocenters. The summed E-state index contributed by atoms with van der Waals surface area (Å²) >= 11 is 3.79. The van der Waals surface area contributed by atoms with E-state index in [0.29, 0.717) is 0 Å². The van der Waals surface area contributed by atoms with Crippen LogP contribution in [0.2, 0.25) is 0 Å². The second-order valence-electron chi connectivity index (χ2n) is 9.32. The molecule has 0 saturated carbocycles. The molecule has 2 heterocycles. The minimum Gasteiger partial charge on any atom is -0.134 e. The molecule has 0 atom stereocenters. The fraction of sp³-hybridized carbons (Fsp3) is 0. The van der Waals surface area contributed by atoms with Crippen LogP contribution in [0.5, 0.6) is 0 Å². The van der Waals surface area contributed by atoms with Gasteiger partial charge in [-0.05, 0) is 74.1 Å². The van der Waals surface area contributed by atoms with Crippen LogP contribution in [0.4, 0.5) is 0 Å². The first-order valence-corrected chi connectivity index (χ1v) is 13.7. The maximum atomic E-state index is 3.75. The Morgan fingerprint density at radius 2 is 1.08 bits per heavy atom. The summed E-state index contributed by atoms with van der Waals surface area (Å²) in [5.41, 5.74) is 5.01. The van der Waals surface area contributed by atoms with E-state index >= 15 is 0 Å². The minimum absolute atomic E-state index is 1.18. The van der Waals surface area contributed by atoms with Gasteiger partial charge < -0.3 is 0 Å². The van der Waals surface area contributed by atoms with Gasteiger partial charge in [0.1, 0.15) is 0 Å². The average Bonchev–Trinajstić information content (AvgIpc) is 3.46. The highest BCUT2D eigenvalue weighted by Crippen LogP contribution is 2.46.